The van der Waals surface area contributed by atoms with Gasteiger partial charge in [-0.15, -0.1) is 0 Å². The highest BCUT2D eigenvalue weighted by Crippen LogP contribution is 2.37. The number of aromatic nitrogens is 1. The largest absolute Gasteiger partial charge is 0.490 e. The lowest BCUT2D eigenvalue weighted by atomic mass is 10.1. The summed E-state index contributed by atoms with van der Waals surface area (Å²) < 4.78 is 19.5. The summed E-state index contributed by atoms with van der Waals surface area (Å²) in [6, 6.07) is 13.6. The Morgan fingerprint density at radius 2 is 1.70 bits per heavy atom. The van der Waals surface area contributed by atoms with Gasteiger partial charge in [-0.3, -0.25) is 0 Å². The first-order chi connectivity index (χ1) is 14.2. The van der Waals surface area contributed by atoms with Gasteiger partial charge < -0.3 is 14.2 Å². The normalized spacial score (nSPS) is 11.5. The summed E-state index contributed by atoms with van der Waals surface area (Å²) in [6.45, 7) is 12.2. The molecule has 160 valence electrons. The first-order valence-corrected chi connectivity index (χ1v) is 10.5. The third-order valence-corrected chi connectivity index (χ3v) is 4.59. The van der Waals surface area contributed by atoms with E-state index in [1.165, 1.54) is 0 Å². The average molecular weight is 410 g/mol. The average Bonchev–Trinajstić information content (AvgIpc) is 2.97. The van der Waals surface area contributed by atoms with Crippen molar-refractivity contribution in [3.05, 3.63) is 53.7 Å². The second kappa shape index (κ2) is 8.82. The molecule has 0 atom stereocenters. The summed E-state index contributed by atoms with van der Waals surface area (Å²) in [6.07, 6.45) is 1.62. The van der Waals surface area contributed by atoms with Crippen LogP contribution in [0.1, 0.15) is 51.8 Å². The van der Waals surface area contributed by atoms with Gasteiger partial charge in [-0.2, -0.15) is 0 Å². The number of fused-ring (bicyclic) bond motifs is 1. The van der Waals surface area contributed by atoms with Gasteiger partial charge in [0.2, 0.25) is 0 Å². The minimum Gasteiger partial charge on any atom is -0.490 e. The molecule has 0 spiro atoms. The van der Waals surface area contributed by atoms with Crippen molar-refractivity contribution in [3.63, 3.8) is 0 Å². The van der Waals surface area contributed by atoms with Crippen LogP contribution in [-0.2, 0) is 4.74 Å². The Morgan fingerprint density at radius 3 is 2.37 bits per heavy atom. The molecule has 1 aromatic heterocycles. The Bertz CT molecular complexity index is 1040. The molecule has 2 aromatic carbocycles. The van der Waals surface area contributed by atoms with Gasteiger partial charge in [0.05, 0.1) is 6.61 Å². The fourth-order valence-electron chi connectivity index (χ4n) is 3.31. The van der Waals surface area contributed by atoms with Crippen LogP contribution in [0, 0.1) is 13.8 Å². The molecule has 0 radical (unpaired) electrons. The van der Waals surface area contributed by atoms with Crippen LogP contribution in [0.2, 0.25) is 0 Å². The van der Waals surface area contributed by atoms with Crippen molar-refractivity contribution in [2.45, 2.75) is 60.0 Å². The summed E-state index contributed by atoms with van der Waals surface area (Å²) >= 11 is 0. The predicted octanol–water partition coefficient (Wildman–Crippen LogP) is 7.01. The molecule has 0 aliphatic heterocycles. The number of carbonyl (C=O) groups excluding carboxylic acids is 1. The van der Waals surface area contributed by atoms with Gasteiger partial charge in [0.15, 0.2) is 17.2 Å². The van der Waals surface area contributed by atoms with Crippen molar-refractivity contribution in [2.24, 2.45) is 0 Å². The minimum atomic E-state index is -0.592. The van der Waals surface area contributed by atoms with Gasteiger partial charge in [0.1, 0.15) is 11.1 Å². The number of unbranched alkanes of at least 4 members (excludes halogenated alkanes) is 1. The molecular weight excluding hydrogens is 378 g/mol. The molecule has 1 heterocycles. The zero-order valence-corrected chi connectivity index (χ0v) is 18.7. The van der Waals surface area contributed by atoms with Gasteiger partial charge in [0, 0.05) is 11.1 Å². The summed E-state index contributed by atoms with van der Waals surface area (Å²) in [7, 11) is 0. The zero-order chi connectivity index (χ0) is 21.9. The van der Waals surface area contributed by atoms with Gasteiger partial charge >= 0.3 is 6.09 Å². The molecule has 5 heteroatoms. The van der Waals surface area contributed by atoms with Gasteiger partial charge in [0.25, 0.3) is 0 Å². The second-order valence-electron chi connectivity index (χ2n) is 8.55. The molecule has 0 N–H and O–H groups in total. The molecule has 0 aliphatic rings. The fraction of sp³-hybridized carbons (Fsp3) is 0.400. The Balaban J connectivity index is 2.06. The SMILES string of the molecule is CCCCOc1ccccc1Oc1cc(C)cc2cc(C)n(C(=O)OC(C)(C)C)c12. The van der Waals surface area contributed by atoms with Crippen molar-refractivity contribution in [2.75, 3.05) is 6.61 Å². The molecule has 3 rings (SSSR count). The maximum atomic E-state index is 12.9. The van der Waals surface area contributed by atoms with Gasteiger partial charge in [-0.25, -0.2) is 9.36 Å². The number of ether oxygens (including phenoxy) is 3. The maximum absolute atomic E-state index is 12.9. The predicted molar refractivity (Wildman–Crippen MR) is 120 cm³/mol. The van der Waals surface area contributed by atoms with E-state index in [0.717, 1.165) is 29.5 Å². The number of benzene rings is 2. The highest BCUT2D eigenvalue weighted by atomic mass is 16.6. The van der Waals surface area contributed by atoms with Gasteiger partial charge in [-0.1, -0.05) is 25.5 Å². The molecule has 0 saturated carbocycles. The number of rotatable bonds is 6. The summed E-state index contributed by atoms with van der Waals surface area (Å²) in [5, 5.41) is 0.928. The number of para-hydroxylation sites is 2. The van der Waals surface area contributed by atoms with Crippen LogP contribution in [0.3, 0.4) is 0 Å². The van der Waals surface area contributed by atoms with Crippen LogP contribution >= 0.6 is 0 Å². The minimum absolute atomic E-state index is 0.420. The smallest absolute Gasteiger partial charge is 0.419 e. The molecule has 30 heavy (non-hydrogen) atoms. The zero-order valence-electron chi connectivity index (χ0n) is 18.7. The quantitative estimate of drug-likeness (QED) is 0.411. The topological polar surface area (TPSA) is 49.7 Å². The molecule has 0 unspecified atom stereocenters. The number of aryl methyl sites for hydroxylation is 2. The maximum Gasteiger partial charge on any atom is 0.419 e. The Morgan fingerprint density at radius 1 is 1.00 bits per heavy atom. The Kier molecular flexibility index (Phi) is 6.40. The van der Waals surface area contributed by atoms with E-state index in [4.69, 9.17) is 14.2 Å². The Labute approximate surface area is 178 Å². The molecule has 5 nitrogen and oxygen atoms in total. The highest BCUT2D eigenvalue weighted by Gasteiger charge is 2.23. The van der Waals surface area contributed by atoms with Crippen LogP contribution in [0.15, 0.2) is 42.5 Å². The molecule has 0 saturated heterocycles. The van der Waals surface area contributed by atoms with E-state index in [9.17, 15) is 4.79 Å². The number of nitrogens with zero attached hydrogens (tertiary/aromatic N) is 1. The first-order valence-electron chi connectivity index (χ1n) is 10.5. The van der Waals surface area contributed by atoms with E-state index in [1.807, 2.05) is 77.1 Å². The first kappa shape index (κ1) is 21.8. The number of hydrogen-bond acceptors (Lipinski definition) is 4. The van der Waals surface area contributed by atoms with Crippen molar-refractivity contribution < 1.29 is 19.0 Å². The summed E-state index contributed by atoms with van der Waals surface area (Å²) in [5.74, 6) is 1.90. The summed E-state index contributed by atoms with van der Waals surface area (Å²) in [5.41, 5.74) is 1.94. The highest BCUT2D eigenvalue weighted by molar-refractivity contribution is 5.95. The summed E-state index contributed by atoms with van der Waals surface area (Å²) in [4.78, 5) is 12.9. The van der Waals surface area contributed by atoms with E-state index in [0.29, 0.717) is 29.4 Å². The molecular formula is C25H31NO4. The van der Waals surface area contributed by atoms with E-state index < -0.39 is 11.7 Å². The van der Waals surface area contributed by atoms with Gasteiger partial charge in [-0.05, 0) is 76.9 Å². The van der Waals surface area contributed by atoms with Crippen LogP contribution in [0.5, 0.6) is 17.2 Å². The number of hydrogen-bond donors (Lipinski definition) is 0. The van der Waals surface area contributed by atoms with Crippen molar-refractivity contribution >= 4 is 17.0 Å². The monoisotopic (exact) mass is 409 g/mol. The van der Waals surface area contributed by atoms with E-state index in [2.05, 4.69) is 6.92 Å². The van der Waals surface area contributed by atoms with Crippen molar-refractivity contribution in [1.82, 2.24) is 4.57 Å². The standard InChI is InChI=1S/C25H31NO4/c1-7-8-13-28-20-11-9-10-12-21(20)29-22-15-17(2)14-19-16-18(3)26(23(19)22)24(27)30-25(4,5)6/h9-12,14-16H,7-8,13H2,1-6H3. The number of carbonyl (C=O) groups is 1. The van der Waals surface area contributed by atoms with Crippen molar-refractivity contribution in [3.8, 4) is 17.2 Å². The Hall–Kier alpha value is -2.95. The fourth-order valence-corrected chi connectivity index (χ4v) is 3.31. The van der Waals surface area contributed by atoms with Crippen LogP contribution in [0.4, 0.5) is 4.79 Å². The third-order valence-electron chi connectivity index (χ3n) is 4.59. The van der Waals surface area contributed by atoms with E-state index >= 15 is 0 Å². The molecule has 3 aromatic rings. The molecule has 0 amide bonds. The molecule has 0 fully saturated rings. The molecule has 0 bridgehead atoms. The second-order valence-corrected chi connectivity index (χ2v) is 8.55. The van der Waals surface area contributed by atoms with Crippen LogP contribution in [0.25, 0.3) is 10.9 Å². The van der Waals surface area contributed by atoms with E-state index in [-0.39, 0.29) is 0 Å². The lowest BCUT2D eigenvalue weighted by Crippen LogP contribution is -2.27. The lowest BCUT2D eigenvalue weighted by molar-refractivity contribution is 0.0541. The van der Waals surface area contributed by atoms with Crippen LogP contribution < -0.4 is 9.47 Å². The lowest BCUT2D eigenvalue weighted by Gasteiger charge is -2.21. The molecule has 0 aliphatic carbocycles. The van der Waals surface area contributed by atoms with Crippen LogP contribution in [-0.4, -0.2) is 22.9 Å². The van der Waals surface area contributed by atoms with Crippen molar-refractivity contribution in [1.29, 1.82) is 0 Å². The van der Waals surface area contributed by atoms with E-state index in [1.54, 1.807) is 4.57 Å². The third kappa shape index (κ3) is 4.96.